The summed E-state index contributed by atoms with van der Waals surface area (Å²) in [6.07, 6.45) is 56.2. The van der Waals surface area contributed by atoms with E-state index in [2.05, 4.69) is 43.5 Å². The van der Waals surface area contributed by atoms with E-state index >= 15 is 0 Å². The van der Waals surface area contributed by atoms with Crippen LogP contribution in [0.15, 0.2) is 24.3 Å². The van der Waals surface area contributed by atoms with Crippen LogP contribution in [0.1, 0.15) is 264 Å². The third-order valence-corrected chi connectivity index (χ3v) is 13.4. The van der Waals surface area contributed by atoms with Gasteiger partial charge >= 0.3 is 0 Å². The smallest absolute Gasteiger partial charge is 0.268 e. The van der Waals surface area contributed by atoms with Crippen LogP contribution in [0.4, 0.5) is 0 Å². The van der Waals surface area contributed by atoms with Gasteiger partial charge in [-0.15, -0.1) is 0 Å². The molecule has 0 aliphatic carbocycles. The molecule has 0 aliphatic rings. The van der Waals surface area contributed by atoms with Gasteiger partial charge in [0.15, 0.2) is 0 Å². The number of hydrogen-bond donors (Lipinski definition) is 2. The molecule has 0 bridgehead atoms. The number of rotatable bonds is 50. The predicted octanol–water partition coefficient (Wildman–Crippen LogP) is 15.4. The molecule has 1 amide bonds. The Morgan fingerprint density at radius 1 is 0.556 bits per heavy atom. The van der Waals surface area contributed by atoms with Gasteiger partial charge in [-0.25, -0.2) is 0 Å². The van der Waals surface area contributed by atoms with Crippen molar-refractivity contribution in [1.82, 2.24) is 5.32 Å². The maximum absolute atomic E-state index is 12.9. The fraction of sp³-hybridized carbons (Fsp3) is 0.907. The van der Waals surface area contributed by atoms with Crippen LogP contribution in [0.2, 0.25) is 0 Å². The topological polar surface area (TPSA) is 108 Å². The standard InChI is InChI=1S/C54H107N2O6P/c1-6-8-10-12-14-16-18-20-22-24-25-26-27-28-29-30-32-33-35-37-39-41-43-45-47-53(57)52(51-62-63(59,60)61-50-49-56(3,4)5)55-54(58)48-46-44-42-40-38-36-34-31-23-21-19-17-15-13-11-9-7-2/h15,17,21,23,52-53,57H,6-14,16,18-20,22,24-51H2,1-5H3,(H-,55,58,59,60)/b17-15-,23-21-. The van der Waals surface area contributed by atoms with Gasteiger partial charge < -0.3 is 28.8 Å². The summed E-state index contributed by atoms with van der Waals surface area (Å²) in [5.74, 6) is -0.170. The van der Waals surface area contributed by atoms with Gasteiger partial charge in [0.05, 0.1) is 39.9 Å². The molecule has 0 radical (unpaired) electrons. The van der Waals surface area contributed by atoms with E-state index in [0.29, 0.717) is 23.9 Å². The van der Waals surface area contributed by atoms with Crippen molar-refractivity contribution in [2.45, 2.75) is 276 Å². The molecule has 374 valence electrons. The monoisotopic (exact) mass is 911 g/mol. The first-order valence-corrected chi connectivity index (χ1v) is 28.6. The molecule has 0 heterocycles. The first-order chi connectivity index (χ1) is 30.5. The van der Waals surface area contributed by atoms with Crippen LogP contribution in [0.25, 0.3) is 0 Å². The molecule has 63 heavy (non-hydrogen) atoms. The molecule has 0 aliphatic heterocycles. The fourth-order valence-electron chi connectivity index (χ4n) is 8.13. The van der Waals surface area contributed by atoms with E-state index in [0.717, 1.165) is 51.4 Å². The van der Waals surface area contributed by atoms with Crippen molar-refractivity contribution in [3.63, 3.8) is 0 Å². The highest BCUT2D eigenvalue weighted by molar-refractivity contribution is 7.45. The normalized spacial score (nSPS) is 14.2. The number of amides is 1. The van der Waals surface area contributed by atoms with Crippen LogP contribution in [-0.4, -0.2) is 68.5 Å². The molecule has 3 unspecified atom stereocenters. The molecule has 2 N–H and O–H groups in total. The quantitative estimate of drug-likeness (QED) is 0.0272. The number of nitrogens with one attached hydrogen (secondary N) is 1. The number of nitrogens with zero attached hydrogens (tertiary/aromatic N) is 1. The van der Waals surface area contributed by atoms with Gasteiger partial charge in [0.25, 0.3) is 7.82 Å². The summed E-state index contributed by atoms with van der Waals surface area (Å²) in [5.41, 5.74) is 0. The highest BCUT2D eigenvalue weighted by atomic mass is 31.2. The Morgan fingerprint density at radius 2 is 0.921 bits per heavy atom. The van der Waals surface area contributed by atoms with E-state index in [1.54, 1.807) is 0 Å². The lowest BCUT2D eigenvalue weighted by atomic mass is 10.0. The van der Waals surface area contributed by atoms with Crippen LogP contribution < -0.4 is 10.2 Å². The number of carbonyl (C=O) groups excluding carboxylic acids is 1. The van der Waals surface area contributed by atoms with Gasteiger partial charge in [0.2, 0.25) is 5.91 Å². The summed E-state index contributed by atoms with van der Waals surface area (Å²) < 4.78 is 23.4. The molecule has 9 heteroatoms. The Labute approximate surface area is 392 Å². The number of quaternary nitrogens is 1. The Hall–Kier alpha value is -1.02. The summed E-state index contributed by atoms with van der Waals surface area (Å²) >= 11 is 0. The Morgan fingerprint density at radius 3 is 1.35 bits per heavy atom. The Balaban J connectivity index is 4.19. The minimum Gasteiger partial charge on any atom is -0.756 e. The second-order valence-corrected chi connectivity index (χ2v) is 21.4. The number of allylic oxidation sites excluding steroid dienone is 4. The van der Waals surface area contributed by atoms with Crippen molar-refractivity contribution in [1.29, 1.82) is 0 Å². The molecule has 0 saturated carbocycles. The number of likely N-dealkylation sites (N-methyl/N-ethyl adjacent to an activating group) is 1. The molecule has 0 aromatic rings. The van der Waals surface area contributed by atoms with Crippen LogP contribution >= 0.6 is 7.82 Å². The van der Waals surface area contributed by atoms with E-state index in [1.807, 2.05) is 21.1 Å². The van der Waals surface area contributed by atoms with Crippen molar-refractivity contribution in [2.75, 3.05) is 40.9 Å². The van der Waals surface area contributed by atoms with Crippen molar-refractivity contribution < 1.29 is 32.9 Å². The van der Waals surface area contributed by atoms with Crippen molar-refractivity contribution in [3.8, 4) is 0 Å². The lowest BCUT2D eigenvalue weighted by Crippen LogP contribution is -2.46. The number of carbonyl (C=O) groups is 1. The summed E-state index contributed by atoms with van der Waals surface area (Å²) in [6.45, 7) is 4.72. The van der Waals surface area contributed by atoms with Gasteiger partial charge in [0.1, 0.15) is 13.2 Å². The zero-order valence-electron chi connectivity index (χ0n) is 42.5. The van der Waals surface area contributed by atoms with E-state index in [1.165, 1.54) is 186 Å². The lowest BCUT2D eigenvalue weighted by Gasteiger charge is -2.30. The molecule has 3 atom stereocenters. The number of aliphatic hydroxyl groups excluding tert-OH is 1. The maximum Gasteiger partial charge on any atom is 0.268 e. The molecular formula is C54H107N2O6P. The fourth-order valence-corrected chi connectivity index (χ4v) is 8.85. The molecule has 0 aromatic heterocycles. The zero-order valence-corrected chi connectivity index (χ0v) is 43.4. The largest absolute Gasteiger partial charge is 0.756 e. The van der Waals surface area contributed by atoms with Crippen LogP contribution in [-0.2, 0) is 18.4 Å². The summed E-state index contributed by atoms with van der Waals surface area (Å²) in [5, 5.41) is 14.0. The van der Waals surface area contributed by atoms with Crippen LogP contribution in [0, 0.1) is 0 Å². The molecule has 0 saturated heterocycles. The molecular weight excluding hydrogens is 804 g/mol. The van der Waals surface area contributed by atoms with Gasteiger partial charge in [-0.3, -0.25) is 9.36 Å². The van der Waals surface area contributed by atoms with Gasteiger partial charge in [-0.2, -0.15) is 0 Å². The second-order valence-electron chi connectivity index (χ2n) is 19.9. The van der Waals surface area contributed by atoms with Gasteiger partial charge in [0, 0.05) is 6.42 Å². The Kier molecular flexibility index (Phi) is 45.4. The third kappa shape index (κ3) is 48.7. The number of phosphoric acid groups is 1. The van der Waals surface area contributed by atoms with Crippen molar-refractivity contribution in [3.05, 3.63) is 24.3 Å². The average molecular weight is 911 g/mol. The van der Waals surface area contributed by atoms with E-state index in [4.69, 9.17) is 9.05 Å². The lowest BCUT2D eigenvalue weighted by molar-refractivity contribution is -0.870. The van der Waals surface area contributed by atoms with Crippen LogP contribution in [0.3, 0.4) is 0 Å². The molecule has 0 rings (SSSR count). The van der Waals surface area contributed by atoms with Gasteiger partial charge in [-0.05, 0) is 44.9 Å². The second kappa shape index (κ2) is 46.1. The summed E-state index contributed by atoms with van der Waals surface area (Å²) in [6, 6.07) is -0.804. The molecule has 0 fully saturated rings. The number of hydrogen-bond acceptors (Lipinski definition) is 6. The average Bonchev–Trinajstić information content (AvgIpc) is 3.24. The SMILES string of the molecule is CCCCC/C=C\C/C=C\CCCCCCCCCC(=O)NC(COP(=O)([O-])OCC[N+](C)(C)C)C(O)CCCCCCCCCCCCCCCCCCCCCCCCCC. The van der Waals surface area contributed by atoms with Gasteiger partial charge in [-0.1, -0.05) is 237 Å². The van der Waals surface area contributed by atoms with Crippen molar-refractivity contribution >= 4 is 13.7 Å². The zero-order chi connectivity index (χ0) is 46.4. The third-order valence-electron chi connectivity index (χ3n) is 12.4. The first-order valence-electron chi connectivity index (χ1n) is 27.2. The van der Waals surface area contributed by atoms with E-state index < -0.39 is 20.0 Å². The minimum absolute atomic E-state index is 0.0115. The Bertz CT molecular complexity index is 1080. The highest BCUT2D eigenvalue weighted by Gasteiger charge is 2.24. The summed E-state index contributed by atoms with van der Waals surface area (Å²) in [4.78, 5) is 25.5. The number of aliphatic hydroxyl groups is 1. The minimum atomic E-state index is -4.57. The number of phosphoric ester groups is 1. The number of unbranched alkanes of at least 4 members (excludes halogenated alkanes) is 33. The van der Waals surface area contributed by atoms with Crippen molar-refractivity contribution in [2.24, 2.45) is 0 Å². The van der Waals surface area contributed by atoms with E-state index in [9.17, 15) is 19.4 Å². The first kappa shape index (κ1) is 62.0. The molecule has 0 aromatic carbocycles. The van der Waals surface area contributed by atoms with Crippen LogP contribution in [0.5, 0.6) is 0 Å². The molecule has 8 nitrogen and oxygen atoms in total. The predicted molar refractivity (Wildman–Crippen MR) is 270 cm³/mol. The highest BCUT2D eigenvalue weighted by Crippen LogP contribution is 2.38. The molecule has 0 spiro atoms. The maximum atomic E-state index is 12.9. The van der Waals surface area contributed by atoms with E-state index in [-0.39, 0.29) is 19.1 Å². The summed E-state index contributed by atoms with van der Waals surface area (Å²) in [7, 11) is 1.31.